The molecule has 4 rings (SSSR count). The number of hydrogen-bond donors (Lipinski definition) is 3. The number of rotatable bonds is 8. The number of carbonyl (C=O) groups is 3. The quantitative estimate of drug-likeness (QED) is 0.132. The molecule has 0 bridgehead atoms. The number of nitrogens with two attached hydrogens (primary N) is 1. The van der Waals surface area contributed by atoms with Gasteiger partial charge in [0.25, 0.3) is 11.8 Å². The van der Waals surface area contributed by atoms with Gasteiger partial charge in [-0.1, -0.05) is 24.8 Å². The molecule has 4 heterocycles. The van der Waals surface area contributed by atoms with Crippen LogP contribution in [0.25, 0.3) is 0 Å². The van der Waals surface area contributed by atoms with E-state index in [0.29, 0.717) is 17.9 Å². The van der Waals surface area contributed by atoms with E-state index in [0.717, 1.165) is 11.3 Å². The Labute approximate surface area is 222 Å². The molecule has 37 heavy (non-hydrogen) atoms. The van der Waals surface area contributed by atoms with E-state index in [1.165, 1.54) is 29.0 Å². The lowest BCUT2D eigenvalue weighted by Gasteiger charge is -2.49. The van der Waals surface area contributed by atoms with Gasteiger partial charge in [-0.2, -0.15) is 0 Å². The molecule has 2 amide bonds. The summed E-state index contributed by atoms with van der Waals surface area (Å²) in [4.78, 5) is 48.1. The summed E-state index contributed by atoms with van der Waals surface area (Å²) in [6.45, 7) is 7.13. The Bertz CT molecular complexity index is 1270. The van der Waals surface area contributed by atoms with Gasteiger partial charge in [0.1, 0.15) is 29.9 Å². The highest BCUT2D eigenvalue weighted by Crippen LogP contribution is 2.40. The Morgan fingerprint density at radius 2 is 2.03 bits per heavy atom. The van der Waals surface area contributed by atoms with Crippen molar-refractivity contribution < 1.29 is 34.4 Å². The molecule has 198 valence electrons. The zero-order chi connectivity index (χ0) is 26.2. The average molecular weight is 565 g/mol. The Hall–Kier alpha value is -3.27. The maximum absolute atomic E-state index is 13.0. The lowest BCUT2D eigenvalue weighted by molar-refractivity contribution is -0.688. The van der Waals surface area contributed by atoms with E-state index in [1.54, 1.807) is 5.38 Å². The summed E-state index contributed by atoms with van der Waals surface area (Å²) in [5.41, 5.74) is 6.36. The van der Waals surface area contributed by atoms with Gasteiger partial charge in [0.2, 0.25) is 0 Å². The van der Waals surface area contributed by atoms with Gasteiger partial charge in [0.15, 0.2) is 29.8 Å². The highest BCUT2D eigenvalue weighted by molar-refractivity contribution is 8.00. The van der Waals surface area contributed by atoms with Crippen molar-refractivity contribution >= 4 is 65.0 Å². The number of thiazole rings is 1. The predicted molar refractivity (Wildman–Crippen MR) is 141 cm³/mol. The number of oxime groups is 1. The highest BCUT2D eigenvalue weighted by Gasteiger charge is 2.54. The molecule has 1 fully saturated rings. The van der Waals surface area contributed by atoms with Crippen LogP contribution >= 0.6 is 23.1 Å². The zero-order valence-electron chi connectivity index (χ0n) is 20.7. The van der Waals surface area contributed by atoms with Crippen molar-refractivity contribution in [3.63, 3.8) is 0 Å². The molecular formula is C22H28N6O6S2Si. The number of fused-ring (bicyclic) bond motifs is 1. The number of β-lactam (4-membered cyclic amide) rings is 1. The first-order chi connectivity index (χ1) is 17.0. The Kier molecular flexibility index (Phi) is 8.41. The van der Waals surface area contributed by atoms with Gasteiger partial charge in [-0.05, 0) is 5.19 Å². The van der Waals surface area contributed by atoms with Crippen molar-refractivity contribution in [2.45, 2.75) is 37.6 Å². The lowest BCUT2D eigenvalue weighted by atomic mass is 10.0. The van der Waals surface area contributed by atoms with Crippen LogP contribution in [0, 0.1) is 0 Å². The second-order valence-corrected chi connectivity index (χ2v) is 16.4. The van der Waals surface area contributed by atoms with Gasteiger partial charge in [0, 0.05) is 28.8 Å². The number of carbonyl (C=O) groups excluding carboxylic acids is 2. The fraction of sp³-hybridized carbons (Fsp3) is 0.364. The van der Waals surface area contributed by atoms with Crippen LogP contribution in [0.5, 0.6) is 0 Å². The van der Waals surface area contributed by atoms with Crippen molar-refractivity contribution in [2.24, 2.45) is 5.16 Å². The Morgan fingerprint density at radius 1 is 1.35 bits per heavy atom. The number of nitrogens with one attached hydrogen (secondary N) is 1. The standard InChI is InChI=1S/C22H26N6O5S2Si.H2O/c1-33-26-15(14-11-35-22(23)24-14)18(29)25-16-19(30)28-17(21(31)32)12(10-34-20(16)28)9-27-7-5-13(6-8-27)36(2,3)4;/h5-8,11,16,20H,9-10H2,1-4H3,(H3-,23,24,25,29,31,32);1H2/b26-15-;/t16-,20-;/m0./s1. The van der Waals surface area contributed by atoms with Crippen molar-refractivity contribution in [1.29, 1.82) is 0 Å². The van der Waals surface area contributed by atoms with Gasteiger partial charge in [-0.15, -0.1) is 23.1 Å². The highest BCUT2D eigenvalue weighted by atomic mass is 32.2. The van der Waals surface area contributed by atoms with Crippen molar-refractivity contribution in [3.05, 3.63) is 46.9 Å². The van der Waals surface area contributed by atoms with Gasteiger partial charge in [-0.3, -0.25) is 14.5 Å². The van der Waals surface area contributed by atoms with Crippen LogP contribution in [-0.4, -0.2) is 76.3 Å². The molecule has 2 aliphatic heterocycles. The fourth-order valence-electron chi connectivity index (χ4n) is 3.99. The number of nitrogen functional groups attached to an aromatic ring is 1. The van der Waals surface area contributed by atoms with Gasteiger partial charge >= 0.3 is 5.97 Å². The fourth-order valence-corrected chi connectivity index (χ4v) is 7.02. The minimum atomic E-state index is -1.45. The van der Waals surface area contributed by atoms with Crippen LogP contribution in [-0.2, 0) is 25.8 Å². The smallest absolute Gasteiger partial charge is 0.352 e. The van der Waals surface area contributed by atoms with Crippen LogP contribution in [0.2, 0.25) is 19.6 Å². The monoisotopic (exact) mass is 564 g/mol. The molecule has 0 spiro atoms. The molecular weight excluding hydrogens is 536 g/mol. The SMILES string of the molecule is CO/N=C(\C(=O)N[C@H]1C(=O)N2C(C(=O)O)=C(C[n+]3ccc([Si](C)(C)C)cc3)CS[C@@H]12)c1csc(N)n1.[OH-]. The molecule has 0 aromatic carbocycles. The minimum Gasteiger partial charge on any atom is -0.870 e. The van der Waals surface area contributed by atoms with E-state index < -0.39 is 37.3 Å². The molecule has 15 heteroatoms. The van der Waals surface area contributed by atoms with E-state index in [1.807, 2.05) is 17.0 Å². The summed E-state index contributed by atoms with van der Waals surface area (Å²) >= 11 is 2.54. The number of aromatic nitrogens is 2. The first kappa shape index (κ1) is 28.3. The number of amides is 2. The Morgan fingerprint density at radius 3 is 2.57 bits per heavy atom. The van der Waals surface area contributed by atoms with Gasteiger partial charge in [0.05, 0.1) is 8.07 Å². The van der Waals surface area contributed by atoms with E-state index in [4.69, 9.17) is 10.6 Å². The third-order valence-electron chi connectivity index (χ3n) is 5.83. The summed E-state index contributed by atoms with van der Waals surface area (Å²) in [6.07, 6.45) is 3.89. The number of aliphatic carboxylic acids is 1. The van der Waals surface area contributed by atoms with Crippen LogP contribution in [0.4, 0.5) is 5.13 Å². The van der Waals surface area contributed by atoms with Crippen LogP contribution in [0.15, 0.2) is 46.3 Å². The first-order valence-electron chi connectivity index (χ1n) is 11.0. The van der Waals surface area contributed by atoms with Crippen LogP contribution in [0.1, 0.15) is 5.69 Å². The molecule has 12 nitrogen and oxygen atoms in total. The molecule has 2 aromatic heterocycles. The van der Waals surface area contributed by atoms with Crippen LogP contribution in [0.3, 0.4) is 0 Å². The van der Waals surface area contributed by atoms with Gasteiger partial charge < -0.3 is 26.5 Å². The molecule has 2 atom stereocenters. The molecule has 0 radical (unpaired) electrons. The number of anilines is 1. The number of hydrogen-bond acceptors (Lipinski definition) is 10. The molecule has 0 unspecified atom stereocenters. The molecule has 5 N–H and O–H groups in total. The molecule has 2 aromatic rings. The van der Waals surface area contributed by atoms with Crippen molar-refractivity contribution in [3.8, 4) is 0 Å². The maximum atomic E-state index is 13.0. The number of carboxylic acids is 1. The number of pyridine rings is 1. The number of nitrogens with zero attached hydrogens (tertiary/aromatic N) is 4. The van der Waals surface area contributed by atoms with E-state index >= 15 is 0 Å². The molecule has 0 saturated carbocycles. The minimum absolute atomic E-state index is 0. The second-order valence-electron chi connectivity index (χ2n) is 9.32. The van der Waals surface area contributed by atoms with E-state index in [-0.39, 0.29) is 27.7 Å². The zero-order valence-corrected chi connectivity index (χ0v) is 23.3. The topological polar surface area (TPSA) is 181 Å². The Balaban J connectivity index is 0.00000380. The normalized spacial score (nSPS) is 19.5. The second kappa shape index (κ2) is 11.0. The summed E-state index contributed by atoms with van der Waals surface area (Å²) in [7, 11) is -0.162. The maximum Gasteiger partial charge on any atom is 0.352 e. The molecule has 1 saturated heterocycles. The van der Waals surface area contributed by atoms with Gasteiger partial charge in [-0.25, -0.2) is 14.3 Å². The summed E-state index contributed by atoms with van der Waals surface area (Å²) in [5, 5.41) is 18.9. The van der Waals surface area contributed by atoms with Crippen molar-refractivity contribution in [2.75, 3.05) is 18.6 Å². The largest absolute Gasteiger partial charge is 0.870 e. The third kappa shape index (κ3) is 5.68. The number of thioether (sulfide) groups is 1. The van der Waals surface area contributed by atoms with E-state index in [9.17, 15) is 19.5 Å². The summed E-state index contributed by atoms with van der Waals surface area (Å²) in [5.74, 6) is -1.92. The van der Waals surface area contributed by atoms with E-state index in [2.05, 4.69) is 47.2 Å². The lowest BCUT2D eigenvalue weighted by Crippen LogP contribution is -2.71. The third-order valence-corrected chi connectivity index (χ3v) is 9.91. The molecule has 2 aliphatic rings. The van der Waals surface area contributed by atoms with Crippen molar-refractivity contribution in [1.82, 2.24) is 15.2 Å². The predicted octanol–water partition coefficient (Wildman–Crippen LogP) is 0.171. The molecule has 0 aliphatic carbocycles. The number of carboxylic acid groups (broad SMARTS) is 1. The summed E-state index contributed by atoms with van der Waals surface area (Å²) < 4.78 is 1.92. The first-order valence-corrected chi connectivity index (χ1v) is 16.5. The van der Waals surface area contributed by atoms with Crippen LogP contribution < -0.4 is 20.8 Å². The average Bonchev–Trinajstić information content (AvgIpc) is 3.25. The summed E-state index contributed by atoms with van der Waals surface area (Å²) in [6, 6.07) is 3.24.